The molecule has 3 nitrogen and oxygen atoms in total. The van der Waals surface area contributed by atoms with E-state index in [0.717, 1.165) is 25.8 Å². The van der Waals surface area contributed by atoms with E-state index < -0.39 is 0 Å². The van der Waals surface area contributed by atoms with Gasteiger partial charge in [-0.2, -0.15) is 0 Å². The number of amides is 1. The third-order valence-corrected chi connectivity index (χ3v) is 3.10. The van der Waals surface area contributed by atoms with Gasteiger partial charge in [-0.1, -0.05) is 6.42 Å². The molecule has 0 aromatic carbocycles. The van der Waals surface area contributed by atoms with Crippen molar-refractivity contribution in [2.45, 2.75) is 50.6 Å². The van der Waals surface area contributed by atoms with Gasteiger partial charge in [-0.3, -0.25) is 4.79 Å². The highest BCUT2D eigenvalue weighted by molar-refractivity contribution is 5.77. The molecule has 2 atom stereocenters. The summed E-state index contributed by atoms with van der Waals surface area (Å²) in [6.07, 6.45) is 6.77. The van der Waals surface area contributed by atoms with Crippen LogP contribution < -0.4 is 10.6 Å². The minimum atomic E-state index is 0.239. The maximum Gasteiger partial charge on any atom is 0.220 e. The molecule has 2 fully saturated rings. The van der Waals surface area contributed by atoms with E-state index in [1.807, 2.05) is 0 Å². The molecular weight excluding hydrogens is 164 g/mol. The quantitative estimate of drug-likeness (QED) is 0.629. The van der Waals surface area contributed by atoms with Gasteiger partial charge in [-0.05, 0) is 32.2 Å². The summed E-state index contributed by atoms with van der Waals surface area (Å²) in [4.78, 5) is 11.2. The van der Waals surface area contributed by atoms with Crippen molar-refractivity contribution in [1.29, 1.82) is 0 Å². The standard InChI is InChI=1S/C10H18N2O/c13-10-6-3-5-9(12-10)8-4-1-2-7-11-8/h8-9,11H,1-7H2,(H,12,13). The fourth-order valence-electron chi connectivity index (χ4n) is 2.36. The zero-order chi connectivity index (χ0) is 9.10. The smallest absolute Gasteiger partial charge is 0.220 e. The maximum absolute atomic E-state index is 11.2. The van der Waals surface area contributed by atoms with Crippen LogP contribution in [0.2, 0.25) is 0 Å². The number of carbonyl (C=O) groups is 1. The van der Waals surface area contributed by atoms with Gasteiger partial charge >= 0.3 is 0 Å². The lowest BCUT2D eigenvalue weighted by atomic mass is 9.92. The molecule has 0 bridgehead atoms. The Labute approximate surface area is 79.3 Å². The zero-order valence-corrected chi connectivity index (χ0v) is 8.01. The molecule has 2 rings (SSSR count). The van der Waals surface area contributed by atoms with Gasteiger partial charge < -0.3 is 10.6 Å². The van der Waals surface area contributed by atoms with Crippen LogP contribution in [0.25, 0.3) is 0 Å². The molecule has 13 heavy (non-hydrogen) atoms. The molecule has 0 aliphatic carbocycles. The van der Waals surface area contributed by atoms with Gasteiger partial charge in [0.25, 0.3) is 0 Å². The van der Waals surface area contributed by atoms with E-state index in [4.69, 9.17) is 0 Å². The Kier molecular flexibility index (Phi) is 2.83. The highest BCUT2D eigenvalue weighted by Crippen LogP contribution is 2.17. The van der Waals surface area contributed by atoms with E-state index >= 15 is 0 Å². The lowest BCUT2D eigenvalue weighted by Crippen LogP contribution is -2.53. The highest BCUT2D eigenvalue weighted by atomic mass is 16.1. The van der Waals surface area contributed by atoms with Crippen molar-refractivity contribution in [1.82, 2.24) is 10.6 Å². The molecule has 0 spiro atoms. The second-order valence-electron chi connectivity index (χ2n) is 4.12. The summed E-state index contributed by atoms with van der Waals surface area (Å²) in [5, 5.41) is 6.58. The molecule has 0 radical (unpaired) electrons. The Balaban J connectivity index is 1.87. The van der Waals surface area contributed by atoms with Crippen LogP contribution in [0.15, 0.2) is 0 Å². The Morgan fingerprint density at radius 2 is 1.92 bits per heavy atom. The van der Waals surface area contributed by atoms with Crippen molar-refractivity contribution >= 4 is 5.91 Å². The van der Waals surface area contributed by atoms with Gasteiger partial charge in [-0.25, -0.2) is 0 Å². The van der Waals surface area contributed by atoms with Gasteiger partial charge in [0.1, 0.15) is 0 Å². The Morgan fingerprint density at radius 3 is 2.62 bits per heavy atom. The molecule has 2 unspecified atom stereocenters. The molecule has 0 aromatic heterocycles. The molecular formula is C10H18N2O. The lowest BCUT2D eigenvalue weighted by Gasteiger charge is -2.34. The average Bonchev–Trinajstić information content (AvgIpc) is 2.19. The molecule has 0 saturated carbocycles. The van der Waals surface area contributed by atoms with Crippen LogP contribution in [0.5, 0.6) is 0 Å². The summed E-state index contributed by atoms with van der Waals surface area (Å²) in [7, 11) is 0. The van der Waals surface area contributed by atoms with Crippen molar-refractivity contribution in [2.75, 3.05) is 6.54 Å². The fraction of sp³-hybridized carbons (Fsp3) is 0.900. The van der Waals surface area contributed by atoms with Gasteiger partial charge in [0.05, 0.1) is 0 Å². The number of rotatable bonds is 1. The van der Waals surface area contributed by atoms with E-state index in [9.17, 15) is 4.79 Å². The second kappa shape index (κ2) is 4.09. The van der Waals surface area contributed by atoms with E-state index in [-0.39, 0.29) is 5.91 Å². The zero-order valence-electron chi connectivity index (χ0n) is 8.01. The van der Waals surface area contributed by atoms with Crippen LogP contribution in [0.4, 0.5) is 0 Å². The van der Waals surface area contributed by atoms with Crippen molar-refractivity contribution in [3.05, 3.63) is 0 Å². The second-order valence-corrected chi connectivity index (χ2v) is 4.12. The summed E-state index contributed by atoms with van der Waals surface area (Å²) in [6, 6.07) is 0.944. The predicted molar refractivity (Wildman–Crippen MR) is 51.4 cm³/mol. The van der Waals surface area contributed by atoms with Crippen molar-refractivity contribution in [3.63, 3.8) is 0 Å². The minimum Gasteiger partial charge on any atom is -0.352 e. The normalized spacial score (nSPS) is 35.5. The number of hydrogen-bond acceptors (Lipinski definition) is 2. The molecule has 2 saturated heterocycles. The summed E-state index contributed by atoms with van der Waals surface area (Å²) in [5.41, 5.74) is 0. The average molecular weight is 182 g/mol. The molecule has 2 N–H and O–H groups in total. The van der Waals surface area contributed by atoms with Gasteiger partial charge in [0.2, 0.25) is 5.91 Å². The summed E-state index contributed by atoms with van der Waals surface area (Å²) in [5.74, 6) is 0.239. The van der Waals surface area contributed by atoms with Crippen LogP contribution in [-0.2, 0) is 4.79 Å². The number of nitrogens with one attached hydrogen (secondary N) is 2. The third-order valence-electron chi connectivity index (χ3n) is 3.10. The van der Waals surface area contributed by atoms with E-state index in [1.165, 1.54) is 19.3 Å². The first-order chi connectivity index (χ1) is 6.36. The topological polar surface area (TPSA) is 41.1 Å². The number of piperidine rings is 2. The van der Waals surface area contributed by atoms with Crippen LogP contribution in [0, 0.1) is 0 Å². The van der Waals surface area contributed by atoms with Gasteiger partial charge in [0.15, 0.2) is 0 Å². The Hall–Kier alpha value is -0.570. The van der Waals surface area contributed by atoms with Gasteiger partial charge in [0, 0.05) is 18.5 Å². The minimum absolute atomic E-state index is 0.239. The first-order valence-corrected chi connectivity index (χ1v) is 5.39. The molecule has 74 valence electrons. The van der Waals surface area contributed by atoms with Crippen LogP contribution in [0.3, 0.4) is 0 Å². The first-order valence-electron chi connectivity index (χ1n) is 5.39. The van der Waals surface area contributed by atoms with E-state index in [0.29, 0.717) is 12.1 Å². The highest BCUT2D eigenvalue weighted by Gasteiger charge is 2.26. The molecule has 2 aliphatic rings. The molecule has 2 aliphatic heterocycles. The van der Waals surface area contributed by atoms with Crippen LogP contribution >= 0.6 is 0 Å². The molecule has 1 amide bonds. The number of hydrogen-bond donors (Lipinski definition) is 2. The largest absolute Gasteiger partial charge is 0.352 e. The van der Waals surface area contributed by atoms with Crippen LogP contribution in [-0.4, -0.2) is 24.5 Å². The van der Waals surface area contributed by atoms with Crippen molar-refractivity contribution in [3.8, 4) is 0 Å². The summed E-state index contributed by atoms with van der Waals surface area (Å²) < 4.78 is 0. The van der Waals surface area contributed by atoms with E-state index in [2.05, 4.69) is 10.6 Å². The monoisotopic (exact) mass is 182 g/mol. The first kappa shape index (κ1) is 9.00. The molecule has 0 aromatic rings. The SMILES string of the molecule is O=C1CCCC(C2CCCCN2)N1. The van der Waals surface area contributed by atoms with Crippen LogP contribution in [0.1, 0.15) is 38.5 Å². The molecule has 3 heteroatoms. The van der Waals surface area contributed by atoms with E-state index in [1.54, 1.807) is 0 Å². The summed E-state index contributed by atoms with van der Waals surface area (Å²) >= 11 is 0. The van der Waals surface area contributed by atoms with Crippen molar-refractivity contribution < 1.29 is 4.79 Å². The number of carbonyl (C=O) groups excluding carboxylic acids is 1. The summed E-state index contributed by atoms with van der Waals surface area (Å²) in [6.45, 7) is 1.12. The molecule has 2 heterocycles. The fourth-order valence-corrected chi connectivity index (χ4v) is 2.36. The van der Waals surface area contributed by atoms with Crippen molar-refractivity contribution in [2.24, 2.45) is 0 Å². The lowest BCUT2D eigenvalue weighted by molar-refractivity contribution is -0.123. The van der Waals surface area contributed by atoms with Gasteiger partial charge in [-0.15, -0.1) is 0 Å². The Morgan fingerprint density at radius 1 is 1.08 bits per heavy atom. The predicted octanol–water partition coefficient (Wildman–Crippen LogP) is 0.797. The Bertz CT molecular complexity index is 187. The maximum atomic E-state index is 11.2. The third kappa shape index (κ3) is 2.21.